The van der Waals surface area contributed by atoms with E-state index in [2.05, 4.69) is 84.9 Å². The molecule has 2 aliphatic carbocycles. The first-order valence-corrected chi connectivity index (χ1v) is 18.0. The SMILES string of the molecule is N#Cc1ccc(-c2coc3ccc4c(c23)-c2ccccc2C42c3ccccc3-c3ccc(-c4nc(-c5ccccc5)nc(-c5ccccc5)n4)cc32)cc1. The average Bonchev–Trinajstić information content (AvgIpc) is 3.91. The molecule has 250 valence electrons. The lowest BCUT2D eigenvalue weighted by Crippen LogP contribution is -2.25. The second-order valence-electron chi connectivity index (χ2n) is 13.8. The summed E-state index contributed by atoms with van der Waals surface area (Å²) in [4.78, 5) is 15.2. The second-order valence-corrected chi connectivity index (χ2v) is 13.8. The Morgan fingerprint density at radius 1 is 0.444 bits per heavy atom. The quantitative estimate of drug-likeness (QED) is 0.184. The van der Waals surface area contributed by atoms with E-state index >= 15 is 0 Å². The molecule has 1 atom stereocenters. The van der Waals surface area contributed by atoms with Crippen molar-refractivity contribution in [3.63, 3.8) is 0 Å². The maximum absolute atomic E-state index is 9.49. The van der Waals surface area contributed by atoms with Gasteiger partial charge in [0.15, 0.2) is 17.5 Å². The van der Waals surface area contributed by atoms with Crippen molar-refractivity contribution in [2.75, 3.05) is 0 Å². The Morgan fingerprint density at radius 3 is 1.67 bits per heavy atom. The van der Waals surface area contributed by atoms with Crippen LogP contribution < -0.4 is 0 Å². The Morgan fingerprint density at radius 2 is 1.00 bits per heavy atom. The fourth-order valence-corrected chi connectivity index (χ4v) is 8.77. The van der Waals surface area contributed by atoms with Crippen molar-refractivity contribution >= 4 is 11.0 Å². The van der Waals surface area contributed by atoms with E-state index in [4.69, 9.17) is 19.4 Å². The molecule has 5 nitrogen and oxygen atoms in total. The van der Waals surface area contributed by atoms with Gasteiger partial charge >= 0.3 is 0 Å². The Labute approximate surface area is 311 Å². The van der Waals surface area contributed by atoms with Crippen LogP contribution in [-0.4, -0.2) is 15.0 Å². The van der Waals surface area contributed by atoms with Crippen LogP contribution in [0.2, 0.25) is 0 Å². The van der Waals surface area contributed by atoms with Gasteiger partial charge in [0.25, 0.3) is 0 Å². The highest BCUT2D eigenvalue weighted by molar-refractivity contribution is 6.10. The Hall–Kier alpha value is -7.42. The van der Waals surface area contributed by atoms with Crippen LogP contribution in [0.3, 0.4) is 0 Å². The topological polar surface area (TPSA) is 75.6 Å². The Bertz CT molecular complexity index is 2940. The number of furan rings is 1. The van der Waals surface area contributed by atoms with Gasteiger partial charge in [-0.2, -0.15) is 5.26 Å². The molecular weight excluding hydrogens is 661 g/mol. The third-order valence-corrected chi connectivity index (χ3v) is 11.1. The Kier molecular flexibility index (Phi) is 6.46. The fraction of sp³-hybridized carbons (Fsp3) is 0.0204. The van der Waals surface area contributed by atoms with Crippen LogP contribution in [0.1, 0.15) is 27.8 Å². The summed E-state index contributed by atoms with van der Waals surface area (Å²) in [5.41, 5.74) is 15.3. The van der Waals surface area contributed by atoms with E-state index in [-0.39, 0.29) is 0 Å². The van der Waals surface area contributed by atoms with E-state index in [1.54, 1.807) is 0 Å². The maximum atomic E-state index is 9.49. The molecule has 0 bridgehead atoms. The average molecular weight is 689 g/mol. The van der Waals surface area contributed by atoms with E-state index in [1.165, 1.54) is 44.5 Å². The molecule has 0 saturated carbocycles. The van der Waals surface area contributed by atoms with E-state index in [0.717, 1.165) is 38.8 Å². The van der Waals surface area contributed by atoms with Crippen LogP contribution in [-0.2, 0) is 5.41 Å². The monoisotopic (exact) mass is 688 g/mol. The van der Waals surface area contributed by atoms with Gasteiger partial charge in [-0.05, 0) is 74.3 Å². The number of rotatable bonds is 4. The standard InChI is InChI=1S/C49H28N4O/c50-28-30-19-21-31(22-20-30)38-29-54-43-26-25-41-44(45(38)43)37-16-8-10-18-40(37)49(41)39-17-9-7-15-35(39)36-24-23-34(27-42(36)49)48-52-46(32-11-3-1-4-12-32)51-47(53-48)33-13-5-2-6-14-33/h1-27,29H. The van der Waals surface area contributed by atoms with Gasteiger partial charge in [-0.15, -0.1) is 0 Å². The summed E-state index contributed by atoms with van der Waals surface area (Å²) >= 11 is 0. The van der Waals surface area contributed by atoms with Crippen LogP contribution >= 0.6 is 0 Å². The largest absolute Gasteiger partial charge is 0.464 e. The van der Waals surface area contributed by atoms with E-state index in [0.29, 0.717) is 23.0 Å². The lowest BCUT2D eigenvalue weighted by atomic mass is 9.70. The Balaban J connectivity index is 1.19. The smallest absolute Gasteiger partial charge is 0.164 e. The minimum Gasteiger partial charge on any atom is -0.464 e. The normalized spacial score (nSPS) is 14.7. The van der Waals surface area contributed by atoms with Gasteiger partial charge in [-0.25, -0.2) is 15.0 Å². The summed E-state index contributed by atoms with van der Waals surface area (Å²) in [7, 11) is 0. The van der Waals surface area contributed by atoms with Crippen LogP contribution in [0.25, 0.3) is 78.5 Å². The van der Waals surface area contributed by atoms with Gasteiger partial charge in [0.2, 0.25) is 0 Å². The number of hydrogen-bond donors (Lipinski definition) is 0. The summed E-state index contributed by atoms with van der Waals surface area (Å²) in [6.07, 6.45) is 1.85. The third kappa shape index (κ3) is 4.22. The summed E-state index contributed by atoms with van der Waals surface area (Å²) in [6.45, 7) is 0. The van der Waals surface area contributed by atoms with Gasteiger partial charge in [0.1, 0.15) is 5.58 Å². The summed E-state index contributed by atoms with van der Waals surface area (Å²) in [5.74, 6) is 1.89. The number of hydrogen-bond acceptors (Lipinski definition) is 5. The minimum absolute atomic E-state index is 0.598. The van der Waals surface area contributed by atoms with Crippen LogP contribution in [0.4, 0.5) is 0 Å². The molecular formula is C49H28N4O. The number of fused-ring (bicyclic) bond motifs is 12. The van der Waals surface area contributed by atoms with E-state index in [9.17, 15) is 5.26 Å². The molecule has 0 fully saturated rings. The van der Waals surface area contributed by atoms with Crippen molar-refractivity contribution in [3.8, 4) is 73.6 Å². The molecule has 5 heteroatoms. The zero-order valence-corrected chi connectivity index (χ0v) is 28.9. The molecule has 0 N–H and O–H groups in total. The van der Waals surface area contributed by atoms with Crippen molar-refractivity contribution in [2.24, 2.45) is 0 Å². The first-order chi connectivity index (χ1) is 26.7. The minimum atomic E-state index is -0.598. The molecule has 2 heterocycles. The summed E-state index contributed by atoms with van der Waals surface area (Å²) in [5, 5.41) is 10.6. The van der Waals surface area contributed by atoms with Gasteiger partial charge in [0, 0.05) is 27.6 Å². The van der Waals surface area contributed by atoms with Crippen LogP contribution in [0, 0.1) is 11.3 Å². The molecule has 1 spiro atoms. The molecule has 0 amide bonds. The first kappa shape index (κ1) is 30.2. The van der Waals surface area contributed by atoms with Crippen molar-refractivity contribution in [2.45, 2.75) is 5.41 Å². The zero-order chi connectivity index (χ0) is 35.8. The highest BCUT2D eigenvalue weighted by Crippen LogP contribution is 2.64. The molecule has 0 radical (unpaired) electrons. The molecule has 7 aromatic carbocycles. The molecule has 1 unspecified atom stereocenters. The highest BCUT2D eigenvalue weighted by Gasteiger charge is 2.52. The molecule has 11 rings (SSSR count). The predicted octanol–water partition coefficient (Wildman–Crippen LogP) is 11.5. The lowest BCUT2D eigenvalue weighted by Gasteiger charge is -2.30. The number of benzene rings is 7. The zero-order valence-electron chi connectivity index (χ0n) is 28.9. The third-order valence-electron chi connectivity index (χ3n) is 11.1. The molecule has 0 saturated heterocycles. The van der Waals surface area contributed by atoms with Gasteiger partial charge < -0.3 is 4.42 Å². The van der Waals surface area contributed by atoms with Crippen LogP contribution in [0.5, 0.6) is 0 Å². The second kappa shape index (κ2) is 11.5. The molecule has 9 aromatic rings. The number of nitriles is 1. The summed E-state index contributed by atoms with van der Waals surface area (Å²) in [6, 6.07) is 58.9. The number of aromatic nitrogens is 3. The molecule has 2 aliphatic rings. The van der Waals surface area contributed by atoms with Gasteiger partial charge in [-0.1, -0.05) is 140 Å². The first-order valence-electron chi connectivity index (χ1n) is 18.0. The molecule has 2 aromatic heterocycles. The predicted molar refractivity (Wildman–Crippen MR) is 212 cm³/mol. The maximum Gasteiger partial charge on any atom is 0.164 e. The highest BCUT2D eigenvalue weighted by atomic mass is 16.3. The van der Waals surface area contributed by atoms with E-state index in [1.807, 2.05) is 91.2 Å². The molecule has 54 heavy (non-hydrogen) atoms. The van der Waals surface area contributed by atoms with Crippen molar-refractivity contribution in [1.82, 2.24) is 15.0 Å². The van der Waals surface area contributed by atoms with Crippen LogP contribution in [0.15, 0.2) is 174 Å². The van der Waals surface area contributed by atoms with Gasteiger partial charge in [-0.3, -0.25) is 0 Å². The fourth-order valence-electron chi connectivity index (χ4n) is 8.77. The van der Waals surface area contributed by atoms with Crippen molar-refractivity contribution in [3.05, 3.63) is 198 Å². The molecule has 0 aliphatic heterocycles. The van der Waals surface area contributed by atoms with Gasteiger partial charge in [0.05, 0.1) is 23.3 Å². The number of nitrogens with zero attached hydrogens (tertiary/aromatic N) is 4. The van der Waals surface area contributed by atoms with Crippen molar-refractivity contribution in [1.29, 1.82) is 5.26 Å². The lowest BCUT2D eigenvalue weighted by molar-refractivity contribution is 0.617. The summed E-state index contributed by atoms with van der Waals surface area (Å²) < 4.78 is 6.28. The van der Waals surface area contributed by atoms with E-state index < -0.39 is 5.41 Å². The van der Waals surface area contributed by atoms with Crippen molar-refractivity contribution < 1.29 is 4.42 Å².